The molecule has 0 aromatic heterocycles. The number of carbonyl (C=O) groups is 1. The van der Waals surface area contributed by atoms with E-state index in [0.29, 0.717) is 18.3 Å². The summed E-state index contributed by atoms with van der Waals surface area (Å²) in [6.07, 6.45) is 2.43. The summed E-state index contributed by atoms with van der Waals surface area (Å²) in [5.74, 6) is 1.60. The van der Waals surface area contributed by atoms with Crippen molar-refractivity contribution >= 4 is 5.91 Å². The van der Waals surface area contributed by atoms with Gasteiger partial charge in [-0.2, -0.15) is 0 Å². The molecule has 3 nitrogen and oxygen atoms in total. The van der Waals surface area contributed by atoms with E-state index in [2.05, 4.69) is 13.8 Å². The fourth-order valence-electron chi connectivity index (χ4n) is 2.86. The maximum atomic E-state index is 12.2. The number of hydrogen-bond acceptors (Lipinski definition) is 2. The zero-order valence-corrected chi connectivity index (χ0v) is 12.6. The Bertz CT molecular complexity index is 430. The van der Waals surface area contributed by atoms with Gasteiger partial charge in [-0.3, -0.25) is 4.79 Å². The fraction of sp³-hybridized carbons (Fsp3) is 0.588. The fourth-order valence-corrected chi connectivity index (χ4v) is 2.86. The lowest BCUT2D eigenvalue weighted by Gasteiger charge is -2.19. The van der Waals surface area contributed by atoms with Gasteiger partial charge in [0.2, 0.25) is 5.91 Å². The molecule has 1 saturated heterocycles. The Morgan fingerprint density at radius 1 is 1.35 bits per heavy atom. The molecule has 1 aromatic carbocycles. The molecule has 1 amide bonds. The molecule has 20 heavy (non-hydrogen) atoms. The second-order valence-electron chi connectivity index (χ2n) is 6.19. The number of hydrogen-bond donors (Lipinski definition) is 1. The summed E-state index contributed by atoms with van der Waals surface area (Å²) >= 11 is 0. The smallest absolute Gasteiger partial charge is 0.222 e. The lowest BCUT2D eigenvalue weighted by atomic mass is 9.95. The Kier molecular flexibility index (Phi) is 5.18. The number of likely N-dealkylation sites (tertiary alicyclic amines) is 1. The molecule has 110 valence electrons. The molecule has 0 bridgehead atoms. The first kappa shape index (κ1) is 15.0. The third-order valence-corrected chi connectivity index (χ3v) is 4.42. The van der Waals surface area contributed by atoms with E-state index < -0.39 is 0 Å². The molecule has 1 aliphatic heterocycles. The highest BCUT2D eigenvalue weighted by atomic mass is 16.2. The minimum Gasteiger partial charge on any atom is -0.342 e. The van der Waals surface area contributed by atoms with Crippen molar-refractivity contribution in [2.45, 2.75) is 39.2 Å². The van der Waals surface area contributed by atoms with E-state index in [1.165, 1.54) is 0 Å². The molecule has 2 unspecified atom stereocenters. The van der Waals surface area contributed by atoms with E-state index in [4.69, 9.17) is 5.73 Å². The number of nitrogens with two attached hydrogens (primary N) is 1. The van der Waals surface area contributed by atoms with Crippen molar-refractivity contribution in [3.63, 3.8) is 0 Å². The van der Waals surface area contributed by atoms with Crippen LogP contribution in [-0.4, -0.2) is 23.9 Å². The van der Waals surface area contributed by atoms with E-state index in [1.54, 1.807) is 0 Å². The molecule has 1 heterocycles. The van der Waals surface area contributed by atoms with Gasteiger partial charge in [-0.05, 0) is 30.2 Å². The lowest BCUT2D eigenvalue weighted by Crippen LogP contribution is -2.29. The average molecular weight is 274 g/mol. The van der Waals surface area contributed by atoms with Gasteiger partial charge in [0.15, 0.2) is 0 Å². The van der Waals surface area contributed by atoms with Crippen molar-refractivity contribution < 1.29 is 4.79 Å². The van der Waals surface area contributed by atoms with Crippen molar-refractivity contribution in [2.75, 3.05) is 13.1 Å². The van der Waals surface area contributed by atoms with Crippen LogP contribution in [0.25, 0.3) is 0 Å². The number of amides is 1. The molecule has 2 atom stereocenters. The standard InChI is InChI=1S/C17H26N2O/c1-13(2)15-10-11-19(12-15)17(20)9-8-16(18)14-6-4-3-5-7-14/h3-7,13,15-16H,8-12,18H2,1-2H3. The van der Waals surface area contributed by atoms with E-state index in [1.807, 2.05) is 35.2 Å². The third-order valence-electron chi connectivity index (χ3n) is 4.42. The summed E-state index contributed by atoms with van der Waals surface area (Å²) in [6.45, 7) is 6.33. The van der Waals surface area contributed by atoms with Crippen LogP contribution in [0.3, 0.4) is 0 Å². The Hall–Kier alpha value is -1.35. The highest BCUT2D eigenvalue weighted by molar-refractivity contribution is 5.76. The predicted octanol–water partition coefficient (Wildman–Crippen LogP) is 2.97. The van der Waals surface area contributed by atoms with Crippen LogP contribution in [0.15, 0.2) is 30.3 Å². The Balaban J connectivity index is 1.78. The zero-order chi connectivity index (χ0) is 14.5. The number of carbonyl (C=O) groups excluding carboxylic acids is 1. The van der Waals surface area contributed by atoms with Crippen LogP contribution in [0.2, 0.25) is 0 Å². The third kappa shape index (κ3) is 3.83. The summed E-state index contributed by atoms with van der Waals surface area (Å²) < 4.78 is 0. The molecule has 1 aliphatic rings. The summed E-state index contributed by atoms with van der Waals surface area (Å²) in [6, 6.07) is 9.98. The molecule has 1 aromatic rings. The SMILES string of the molecule is CC(C)C1CCN(C(=O)CCC(N)c2ccccc2)C1. The topological polar surface area (TPSA) is 46.3 Å². The molecule has 0 spiro atoms. The largest absolute Gasteiger partial charge is 0.342 e. The molecule has 0 saturated carbocycles. The van der Waals surface area contributed by atoms with Crippen LogP contribution < -0.4 is 5.73 Å². The van der Waals surface area contributed by atoms with Crippen molar-refractivity contribution in [1.29, 1.82) is 0 Å². The second kappa shape index (κ2) is 6.89. The minimum atomic E-state index is -0.0383. The van der Waals surface area contributed by atoms with E-state index in [0.717, 1.165) is 31.5 Å². The van der Waals surface area contributed by atoms with Gasteiger partial charge in [0.1, 0.15) is 0 Å². The van der Waals surface area contributed by atoms with Crippen LogP contribution in [-0.2, 0) is 4.79 Å². The van der Waals surface area contributed by atoms with E-state index in [9.17, 15) is 4.79 Å². The number of benzene rings is 1. The number of nitrogens with zero attached hydrogens (tertiary/aromatic N) is 1. The Labute approximate surface area is 122 Å². The van der Waals surface area contributed by atoms with E-state index in [-0.39, 0.29) is 11.9 Å². The van der Waals surface area contributed by atoms with Crippen molar-refractivity contribution in [3.8, 4) is 0 Å². The van der Waals surface area contributed by atoms with Gasteiger partial charge in [0, 0.05) is 25.6 Å². The molecular weight excluding hydrogens is 248 g/mol. The summed E-state index contributed by atoms with van der Waals surface area (Å²) in [4.78, 5) is 14.2. The lowest BCUT2D eigenvalue weighted by molar-refractivity contribution is -0.130. The summed E-state index contributed by atoms with van der Waals surface area (Å²) in [5.41, 5.74) is 7.26. The molecule has 0 radical (unpaired) electrons. The Morgan fingerprint density at radius 2 is 2.05 bits per heavy atom. The summed E-state index contributed by atoms with van der Waals surface area (Å²) in [7, 11) is 0. The van der Waals surface area contributed by atoms with Crippen molar-refractivity contribution in [3.05, 3.63) is 35.9 Å². The zero-order valence-electron chi connectivity index (χ0n) is 12.6. The summed E-state index contributed by atoms with van der Waals surface area (Å²) in [5, 5.41) is 0. The first-order valence-corrected chi connectivity index (χ1v) is 7.66. The van der Waals surface area contributed by atoms with Gasteiger partial charge in [-0.25, -0.2) is 0 Å². The molecule has 0 aliphatic carbocycles. The number of rotatable bonds is 5. The second-order valence-corrected chi connectivity index (χ2v) is 6.19. The van der Waals surface area contributed by atoms with Crippen molar-refractivity contribution in [2.24, 2.45) is 17.6 Å². The van der Waals surface area contributed by atoms with Gasteiger partial charge >= 0.3 is 0 Å². The van der Waals surface area contributed by atoms with Crippen LogP contribution in [0.1, 0.15) is 44.7 Å². The van der Waals surface area contributed by atoms with Crippen LogP contribution >= 0.6 is 0 Å². The average Bonchev–Trinajstić information content (AvgIpc) is 2.95. The van der Waals surface area contributed by atoms with Crippen LogP contribution in [0, 0.1) is 11.8 Å². The highest BCUT2D eigenvalue weighted by Crippen LogP contribution is 2.25. The normalized spacial score (nSPS) is 20.4. The quantitative estimate of drug-likeness (QED) is 0.897. The molecule has 2 rings (SSSR count). The highest BCUT2D eigenvalue weighted by Gasteiger charge is 2.27. The van der Waals surface area contributed by atoms with Gasteiger partial charge in [-0.15, -0.1) is 0 Å². The van der Waals surface area contributed by atoms with Gasteiger partial charge in [0.05, 0.1) is 0 Å². The monoisotopic (exact) mass is 274 g/mol. The van der Waals surface area contributed by atoms with Crippen LogP contribution in [0.5, 0.6) is 0 Å². The minimum absolute atomic E-state index is 0.0383. The molecule has 3 heteroatoms. The van der Waals surface area contributed by atoms with Crippen LogP contribution in [0.4, 0.5) is 0 Å². The van der Waals surface area contributed by atoms with Gasteiger partial charge in [0.25, 0.3) is 0 Å². The molecule has 2 N–H and O–H groups in total. The maximum absolute atomic E-state index is 12.2. The maximum Gasteiger partial charge on any atom is 0.222 e. The first-order chi connectivity index (χ1) is 9.58. The van der Waals surface area contributed by atoms with Gasteiger partial charge in [-0.1, -0.05) is 44.2 Å². The first-order valence-electron chi connectivity index (χ1n) is 7.66. The Morgan fingerprint density at radius 3 is 2.65 bits per heavy atom. The molecular formula is C17H26N2O. The van der Waals surface area contributed by atoms with Crippen molar-refractivity contribution in [1.82, 2.24) is 4.90 Å². The predicted molar refractivity (Wildman–Crippen MR) is 82.1 cm³/mol. The molecule has 1 fully saturated rings. The van der Waals surface area contributed by atoms with E-state index >= 15 is 0 Å². The van der Waals surface area contributed by atoms with Gasteiger partial charge < -0.3 is 10.6 Å².